The number of halogens is 3. The number of ether oxygens (including phenoxy) is 2. The van der Waals surface area contributed by atoms with Gasteiger partial charge in [-0.1, -0.05) is 53.0 Å². The summed E-state index contributed by atoms with van der Waals surface area (Å²) < 4.78 is 11.7. The minimum absolute atomic E-state index is 0.283. The molecule has 2 aromatic rings. The smallest absolute Gasteiger partial charge is 0.276 e. The molecule has 9 heteroatoms. The van der Waals surface area contributed by atoms with Gasteiger partial charge in [0, 0.05) is 9.50 Å². The van der Waals surface area contributed by atoms with E-state index in [0.29, 0.717) is 33.5 Å². The molecule has 2 rings (SSSR count). The van der Waals surface area contributed by atoms with Gasteiger partial charge >= 0.3 is 0 Å². The third kappa shape index (κ3) is 6.89. The first-order valence-electron chi connectivity index (χ1n) is 8.35. The number of nitrogens with one attached hydrogen (secondary N) is 2. The molecule has 28 heavy (non-hydrogen) atoms. The van der Waals surface area contributed by atoms with Crippen LogP contribution in [0, 0.1) is 5.92 Å². The summed E-state index contributed by atoms with van der Waals surface area (Å²) in [6, 6.07) is 9.72. The van der Waals surface area contributed by atoms with Crippen molar-refractivity contribution < 1.29 is 19.1 Å². The fraction of sp³-hybridized carbons (Fsp3) is 0.263. The first-order chi connectivity index (χ1) is 13.3. The first-order valence-corrected chi connectivity index (χ1v) is 9.90. The van der Waals surface area contributed by atoms with E-state index in [4.69, 9.17) is 32.7 Å². The number of hydrazine groups is 1. The molecule has 0 atom stereocenters. The highest BCUT2D eigenvalue weighted by Crippen LogP contribution is 2.27. The molecule has 6 nitrogen and oxygen atoms in total. The van der Waals surface area contributed by atoms with Crippen LogP contribution < -0.4 is 20.3 Å². The summed E-state index contributed by atoms with van der Waals surface area (Å²) in [6.07, 6.45) is 0. The molecule has 0 bridgehead atoms. The molecule has 0 spiro atoms. The maximum absolute atomic E-state index is 12.4. The summed E-state index contributed by atoms with van der Waals surface area (Å²) in [7, 11) is 0. The lowest BCUT2D eigenvalue weighted by molar-refractivity contribution is -0.123. The van der Waals surface area contributed by atoms with Gasteiger partial charge in [0.25, 0.3) is 11.8 Å². The topological polar surface area (TPSA) is 76.7 Å². The predicted octanol–water partition coefficient (Wildman–Crippen LogP) is 4.63. The Morgan fingerprint density at radius 1 is 1.04 bits per heavy atom. The fourth-order valence-corrected chi connectivity index (χ4v) is 2.85. The van der Waals surface area contributed by atoms with Crippen molar-refractivity contribution in [3.8, 4) is 11.5 Å². The normalized spacial score (nSPS) is 10.5. The summed E-state index contributed by atoms with van der Waals surface area (Å²) in [4.78, 5) is 24.4. The van der Waals surface area contributed by atoms with E-state index in [0.717, 1.165) is 0 Å². The van der Waals surface area contributed by atoms with Crippen molar-refractivity contribution in [3.05, 3.63) is 56.5 Å². The Morgan fingerprint density at radius 2 is 1.75 bits per heavy atom. The SMILES string of the molecule is CC(C)COc1ccc(Br)cc1C(=O)NNC(=O)COc1ccc(Cl)cc1Cl. The molecule has 0 heterocycles. The molecule has 0 aliphatic carbocycles. The van der Waals surface area contributed by atoms with Crippen molar-refractivity contribution in [2.45, 2.75) is 13.8 Å². The van der Waals surface area contributed by atoms with Gasteiger partial charge in [-0.3, -0.25) is 20.4 Å². The Labute approximate surface area is 181 Å². The van der Waals surface area contributed by atoms with Crippen LogP contribution in [0.25, 0.3) is 0 Å². The second kappa shape index (κ2) is 10.5. The Balaban J connectivity index is 1.92. The van der Waals surface area contributed by atoms with Gasteiger partial charge in [-0.2, -0.15) is 0 Å². The molecule has 0 fully saturated rings. The highest BCUT2D eigenvalue weighted by Gasteiger charge is 2.15. The predicted molar refractivity (Wildman–Crippen MR) is 112 cm³/mol. The van der Waals surface area contributed by atoms with Crippen LogP contribution in [0.3, 0.4) is 0 Å². The lowest BCUT2D eigenvalue weighted by Crippen LogP contribution is -2.44. The third-order valence-electron chi connectivity index (χ3n) is 3.33. The van der Waals surface area contributed by atoms with Crippen LogP contribution in [-0.2, 0) is 4.79 Å². The van der Waals surface area contributed by atoms with E-state index < -0.39 is 11.8 Å². The number of carbonyl (C=O) groups is 2. The van der Waals surface area contributed by atoms with E-state index in [9.17, 15) is 9.59 Å². The Bertz CT molecular complexity index is 862. The number of hydrogen-bond acceptors (Lipinski definition) is 4. The van der Waals surface area contributed by atoms with Crippen LogP contribution in [0.1, 0.15) is 24.2 Å². The second-order valence-corrected chi connectivity index (χ2v) is 7.97. The molecule has 0 aromatic heterocycles. The Hall–Kier alpha value is -1.96. The lowest BCUT2D eigenvalue weighted by Gasteiger charge is -2.14. The van der Waals surface area contributed by atoms with Gasteiger partial charge in [-0.15, -0.1) is 0 Å². The molecule has 2 N–H and O–H groups in total. The molecule has 2 aromatic carbocycles. The molecule has 0 radical (unpaired) electrons. The molecule has 0 saturated heterocycles. The molecule has 2 amide bonds. The van der Waals surface area contributed by atoms with E-state index in [1.807, 2.05) is 13.8 Å². The van der Waals surface area contributed by atoms with Gasteiger partial charge in [0.15, 0.2) is 6.61 Å². The number of hydrogen-bond donors (Lipinski definition) is 2. The lowest BCUT2D eigenvalue weighted by atomic mass is 10.2. The number of rotatable bonds is 7. The van der Waals surface area contributed by atoms with E-state index in [2.05, 4.69) is 26.8 Å². The molecular weight excluding hydrogens is 471 g/mol. The van der Waals surface area contributed by atoms with Crippen molar-refractivity contribution in [1.29, 1.82) is 0 Å². The minimum atomic E-state index is -0.556. The monoisotopic (exact) mass is 488 g/mol. The zero-order chi connectivity index (χ0) is 20.7. The van der Waals surface area contributed by atoms with Crippen LogP contribution in [0.2, 0.25) is 10.0 Å². The number of benzene rings is 2. The highest BCUT2D eigenvalue weighted by atomic mass is 79.9. The van der Waals surface area contributed by atoms with E-state index >= 15 is 0 Å². The van der Waals surface area contributed by atoms with E-state index in [-0.39, 0.29) is 17.2 Å². The zero-order valence-corrected chi connectivity index (χ0v) is 18.3. The number of carbonyl (C=O) groups excluding carboxylic acids is 2. The van der Waals surface area contributed by atoms with E-state index in [1.165, 1.54) is 6.07 Å². The minimum Gasteiger partial charge on any atom is -0.492 e. The van der Waals surface area contributed by atoms with Gasteiger partial charge in [0.05, 0.1) is 17.2 Å². The van der Waals surface area contributed by atoms with E-state index in [1.54, 1.807) is 30.3 Å². The first kappa shape index (κ1) is 22.3. The van der Waals surface area contributed by atoms with Gasteiger partial charge in [0.2, 0.25) is 0 Å². The largest absolute Gasteiger partial charge is 0.492 e. The van der Waals surface area contributed by atoms with Gasteiger partial charge in [-0.25, -0.2) is 0 Å². The van der Waals surface area contributed by atoms with Crippen LogP contribution in [0.4, 0.5) is 0 Å². The van der Waals surface area contributed by atoms with Gasteiger partial charge in [0.1, 0.15) is 11.5 Å². The summed E-state index contributed by atoms with van der Waals surface area (Å²) in [5.41, 5.74) is 4.92. The summed E-state index contributed by atoms with van der Waals surface area (Å²) in [5.74, 6) is -0.0372. The molecule has 0 aliphatic rings. The summed E-state index contributed by atoms with van der Waals surface area (Å²) in [6.45, 7) is 4.14. The molecule has 0 saturated carbocycles. The zero-order valence-electron chi connectivity index (χ0n) is 15.2. The Kier molecular flexibility index (Phi) is 8.41. The Morgan fingerprint density at radius 3 is 2.43 bits per heavy atom. The van der Waals surface area contributed by atoms with Crippen LogP contribution in [-0.4, -0.2) is 25.0 Å². The summed E-state index contributed by atoms with van der Waals surface area (Å²) in [5, 5.41) is 0.740. The van der Waals surface area contributed by atoms with Crippen LogP contribution >= 0.6 is 39.1 Å². The standard InChI is InChI=1S/C19H19BrCl2N2O4/c1-11(2)9-27-16-5-3-12(20)7-14(16)19(26)24-23-18(25)10-28-17-6-4-13(21)8-15(17)22/h3-8,11H,9-10H2,1-2H3,(H,23,25)(H,24,26). The van der Waals surface area contributed by atoms with Crippen molar-refractivity contribution in [1.82, 2.24) is 10.9 Å². The van der Waals surface area contributed by atoms with Gasteiger partial charge in [-0.05, 0) is 42.3 Å². The molecule has 0 aliphatic heterocycles. The fourth-order valence-electron chi connectivity index (χ4n) is 2.03. The van der Waals surface area contributed by atoms with Crippen LogP contribution in [0.5, 0.6) is 11.5 Å². The average molecular weight is 490 g/mol. The molecule has 0 unspecified atom stereocenters. The average Bonchev–Trinajstić information content (AvgIpc) is 2.64. The van der Waals surface area contributed by atoms with Crippen molar-refractivity contribution in [2.75, 3.05) is 13.2 Å². The maximum Gasteiger partial charge on any atom is 0.276 e. The molecular formula is C19H19BrCl2N2O4. The quantitative estimate of drug-likeness (QED) is 0.556. The van der Waals surface area contributed by atoms with Crippen LogP contribution in [0.15, 0.2) is 40.9 Å². The maximum atomic E-state index is 12.4. The summed E-state index contributed by atoms with van der Waals surface area (Å²) >= 11 is 15.1. The molecule has 150 valence electrons. The van der Waals surface area contributed by atoms with Crippen molar-refractivity contribution in [3.63, 3.8) is 0 Å². The van der Waals surface area contributed by atoms with Crippen molar-refractivity contribution in [2.24, 2.45) is 5.92 Å². The highest BCUT2D eigenvalue weighted by molar-refractivity contribution is 9.10. The third-order valence-corrected chi connectivity index (χ3v) is 4.35. The van der Waals surface area contributed by atoms with Crippen molar-refractivity contribution >= 4 is 50.9 Å². The second-order valence-electron chi connectivity index (χ2n) is 6.21. The van der Waals surface area contributed by atoms with Gasteiger partial charge < -0.3 is 9.47 Å². The number of amides is 2.